The summed E-state index contributed by atoms with van der Waals surface area (Å²) in [5, 5.41) is 10.9. The largest absolute Gasteiger partial charge is 0.387 e. The Morgan fingerprint density at radius 2 is 1.81 bits per heavy atom. The van der Waals surface area contributed by atoms with Crippen molar-refractivity contribution in [1.29, 1.82) is 0 Å². The van der Waals surface area contributed by atoms with Crippen LogP contribution in [0.15, 0.2) is 41.3 Å². The van der Waals surface area contributed by atoms with Crippen LogP contribution in [0.4, 0.5) is 5.69 Å². The Labute approximate surface area is 196 Å². The predicted octanol–water partition coefficient (Wildman–Crippen LogP) is 4.17. The maximum Gasteiger partial charge on any atom is 0.264 e. The van der Waals surface area contributed by atoms with Gasteiger partial charge in [0.05, 0.1) is 29.9 Å². The van der Waals surface area contributed by atoms with Crippen molar-refractivity contribution in [2.75, 3.05) is 43.7 Å². The predicted molar refractivity (Wildman–Crippen MR) is 129 cm³/mol. The summed E-state index contributed by atoms with van der Waals surface area (Å²) in [6.07, 6.45) is -0.802. The van der Waals surface area contributed by atoms with Gasteiger partial charge in [0.1, 0.15) is 0 Å². The van der Waals surface area contributed by atoms with Gasteiger partial charge in [-0.25, -0.2) is 8.42 Å². The number of anilines is 1. The normalized spacial score (nSPS) is 16.3. The third-order valence-electron chi connectivity index (χ3n) is 5.61. The third kappa shape index (κ3) is 5.83. The summed E-state index contributed by atoms with van der Waals surface area (Å²) in [4.78, 5) is 2.23. The molecule has 0 aromatic heterocycles. The Balaban J connectivity index is 1.90. The number of β-amino-alcohol motifs (C(OH)–C–C–N with tert-alkyl or cyclic N) is 1. The summed E-state index contributed by atoms with van der Waals surface area (Å²) < 4.78 is 34.1. The van der Waals surface area contributed by atoms with Gasteiger partial charge in [0.15, 0.2) is 0 Å². The minimum atomic E-state index is -3.84. The van der Waals surface area contributed by atoms with E-state index < -0.39 is 16.1 Å². The summed E-state index contributed by atoms with van der Waals surface area (Å²) in [6.45, 7) is 11.4. The molecule has 6 nitrogen and oxygen atoms in total. The minimum absolute atomic E-state index is 0.116. The van der Waals surface area contributed by atoms with Gasteiger partial charge in [-0.15, -0.1) is 0 Å². The Bertz CT molecular complexity index is 1040. The Hall–Kier alpha value is -1.64. The van der Waals surface area contributed by atoms with E-state index >= 15 is 0 Å². The molecule has 0 radical (unpaired) electrons. The van der Waals surface area contributed by atoms with Gasteiger partial charge in [-0.05, 0) is 43.5 Å². The van der Waals surface area contributed by atoms with Crippen LogP contribution in [0.1, 0.15) is 36.6 Å². The molecule has 0 aliphatic carbocycles. The number of aliphatic hydroxyl groups excluding tert-OH is 1. The fourth-order valence-corrected chi connectivity index (χ4v) is 6.03. The molecule has 2 aromatic rings. The molecule has 1 N–H and O–H groups in total. The van der Waals surface area contributed by atoms with Gasteiger partial charge in [-0.3, -0.25) is 9.21 Å². The third-order valence-corrected chi connectivity index (χ3v) is 7.71. The number of rotatable bonds is 8. The maximum atomic E-state index is 13.6. The number of sulfonamides is 1. The summed E-state index contributed by atoms with van der Waals surface area (Å²) in [5.41, 5.74) is 3.17. The minimum Gasteiger partial charge on any atom is -0.387 e. The van der Waals surface area contributed by atoms with Gasteiger partial charge in [0.25, 0.3) is 10.0 Å². The second kappa shape index (κ2) is 10.5. The Kier molecular flexibility index (Phi) is 8.22. The van der Waals surface area contributed by atoms with Crippen LogP contribution in [-0.4, -0.2) is 57.8 Å². The van der Waals surface area contributed by atoms with Crippen LogP contribution in [0.3, 0.4) is 0 Å². The molecule has 1 aliphatic heterocycles. The zero-order chi connectivity index (χ0) is 23.5. The van der Waals surface area contributed by atoms with Gasteiger partial charge in [-0.2, -0.15) is 0 Å². The van der Waals surface area contributed by atoms with Crippen LogP contribution < -0.4 is 4.31 Å². The topological polar surface area (TPSA) is 70.1 Å². The molecule has 1 saturated heterocycles. The zero-order valence-electron chi connectivity index (χ0n) is 19.2. The highest BCUT2D eigenvalue weighted by Gasteiger charge is 2.28. The van der Waals surface area contributed by atoms with Crippen LogP contribution in [0.2, 0.25) is 5.02 Å². The van der Waals surface area contributed by atoms with Crippen molar-refractivity contribution in [1.82, 2.24) is 4.90 Å². The lowest BCUT2D eigenvalue weighted by Gasteiger charge is -2.29. The molecule has 0 bridgehead atoms. The maximum absolute atomic E-state index is 13.6. The molecule has 2 aromatic carbocycles. The molecule has 0 saturated carbocycles. The monoisotopic (exact) mass is 480 g/mol. The molecule has 3 rings (SSSR count). The van der Waals surface area contributed by atoms with Crippen molar-refractivity contribution in [3.8, 4) is 0 Å². The molecule has 1 heterocycles. The zero-order valence-corrected chi connectivity index (χ0v) is 20.8. The number of halogens is 1. The molecule has 1 fully saturated rings. The average molecular weight is 481 g/mol. The fraction of sp³-hybridized carbons (Fsp3) is 0.500. The quantitative estimate of drug-likeness (QED) is 0.614. The summed E-state index contributed by atoms with van der Waals surface area (Å²) in [7, 11) is -3.84. The van der Waals surface area contributed by atoms with Crippen molar-refractivity contribution >= 4 is 27.3 Å². The molecule has 1 atom stereocenters. The van der Waals surface area contributed by atoms with Gasteiger partial charge in [0, 0.05) is 36.8 Å². The smallest absolute Gasteiger partial charge is 0.264 e. The highest BCUT2D eigenvalue weighted by atomic mass is 35.5. The first-order valence-corrected chi connectivity index (χ1v) is 12.8. The SMILES string of the molecule is Cc1ccc(N(CC(C)C)S(=O)(=O)c2ccc(C(O)CN3CCOCC3)c(Cl)c2)c(C)c1. The number of hydrogen-bond acceptors (Lipinski definition) is 5. The van der Waals surface area contributed by atoms with Gasteiger partial charge in [0.2, 0.25) is 0 Å². The van der Waals surface area contributed by atoms with Crippen LogP contribution in [0.5, 0.6) is 0 Å². The van der Waals surface area contributed by atoms with Crippen molar-refractivity contribution in [2.24, 2.45) is 5.92 Å². The first kappa shape index (κ1) is 25.0. The number of hydrogen-bond donors (Lipinski definition) is 1. The van der Waals surface area contributed by atoms with E-state index in [1.54, 1.807) is 6.07 Å². The van der Waals surface area contributed by atoms with E-state index in [1.807, 2.05) is 45.9 Å². The number of aryl methyl sites for hydroxylation is 2. The highest BCUT2D eigenvalue weighted by Crippen LogP contribution is 2.32. The Morgan fingerprint density at radius 3 is 2.41 bits per heavy atom. The first-order chi connectivity index (χ1) is 15.1. The molecular formula is C24H33ClN2O4S. The van der Waals surface area contributed by atoms with Crippen molar-refractivity contribution in [2.45, 2.75) is 38.7 Å². The van der Waals surface area contributed by atoms with Crippen LogP contribution >= 0.6 is 11.6 Å². The first-order valence-electron chi connectivity index (χ1n) is 11.0. The van der Waals surface area contributed by atoms with E-state index in [4.69, 9.17) is 16.3 Å². The highest BCUT2D eigenvalue weighted by molar-refractivity contribution is 7.92. The molecule has 8 heteroatoms. The van der Waals surface area contributed by atoms with Crippen LogP contribution in [0, 0.1) is 19.8 Å². The van der Waals surface area contributed by atoms with E-state index in [-0.39, 0.29) is 15.8 Å². The van der Waals surface area contributed by atoms with Crippen LogP contribution in [-0.2, 0) is 14.8 Å². The summed E-state index contributed by atoms with van der Waals surface area (Å²) in [6, 6.07) is 10.4. The van der Waals surface area contributed by atoms with E-state index in [0.29, 0.717) is 37.6 Å². The van der Waals surface area contributed by atoms with Crippen molar-refractivity contribution in [3.63, 3.8) is 0 Å². The lowest BCUT2D eigenvalue weighted by molar-refractivity contribution is 0.0143. The lowest BCUT2D eigenvalue weighted by Crippen LogP contribution is -2.38. The summed E-state index contributed by atoms with van der Waals surface area (Å²) >= 11 is 6.47. The average Bonchev–Trinajstić information content (AvgIpc) is 2.73. The summed E-state index contributed by atoms with van der Waals surface area (Å²) in [5.74, 6) is 0.135. The lowest BCUT2D eigenvalue weighted by atomic mass is 10.1. The number of nitrogens with zero attached hydrogens (tertiary/aromatic N) is 2. The van der Waals surface area contributed by atoms with E-state index in [9.17, 15) is 13.5 Å². The number of aliphatic hydroxyl groups is 1. The molecule has 176 valence electrons. The van der Waals surface area contributed by atoms with Crippen LogP contribution in [0.25, 0.3) is 0 Å². The van der Waals surface area contributed by atoms with Gasteiger partial charge in [-0.1, -0.05) is 49.2 Å². The number of benzene rings is 2. The van der Waals surface area contributed by atoms with Crippen molar-refractivity contribution in [3.05, 3.63) is 58.1 Å². The molecular weight excluding hydrogens is 448 g/mol. The Morgan fingerprint density at radius 1 is 1.12 bits per heavy atom. The van der Waals surface area contributed by atoms with E-state index in [1.165, 1.54) is 16.4 Å². The molecule has 32 heavy (non-hydrogen) atoms. The van der Waals surface area contributed by atoms with E-state index in [2.05, 4.69) is 4.90 Å². The molecule has 0 spiro atoms. The fourth-order valence-electron chi connectivity index (χ4n) is 3.94. The molecule has 1 unspecified atom stereocenters. The van der Waals surface area contributed by atoms with Crippen molar-refractivity contribution < 1.29 is 18.3 Å². The molecule has 0 amide bonds. The number of ether oxygens (including phenoxy) is 1. The van der Waals surface area contributed by atoms with E-state index in [0.717, 1.165) is 24.2 Å². The van der Waals surface area contributed by atoms with Gasteiger partial charge < -0.3 is 9.84 Å². The standard InChI is InChI=1S/C24H33ClN2O4S/c1-17(2)15-27(23-8-5-18(3)13-19(23)4)32(29,30)20-6-7-21(22(25)14-20)24(28)16-26-9-11-31-12-10-26/h5-8,13-14,17,24,28H,9-12,15-16H2,1-4H3. The molecule has 1 aliphatic rings. The number of morpholine rings is 1. The van der Waals surface area contributed by atoms with Gasteiger partial charge >= 0.3 is 0 Å². The second-order valence-electron chi connectivity index (χ2n) is 8.83. The second-order valence-corrected chi connectivity index (χ2v) is 11.1.